The Kier molecular flexibility index (Phi) is 5.42. The molecule has 0 aliphatic rings. The van der Waals surface area contributed by atoms with Crippen LogP contribution in [0.25, 0.3) is 11.0 Å². The molecule has 7 nitrogen and oxygen atoms in total. The molecule has 1 amide bonds. The van der Waals surface area contributed by atoms with Gasteiger partial charge in [0.25, 0.3) is 5.91 Å². The van der Waals surface area contributed by atoms with E-state index in [1.54, 1.807) is 50.5 Å². The molecule has 0 aliphatic carbocycles. The van der Waals surface area contributed by atoms with E-state index in [4.69, 9.17) is 0 Å². The lowest BCUT2D eigenvalue weighted by Crippen LogP contribution is -2.19. The van der Waals surface area contributed by atoms with Crippen molar-refractivity contribution in [1.29, 1.82) is 0 Å². The van der Waals surface area contributed by atoms with Crippen LogP contribution in [0.4, 0.5) is 5.69 Å². The molecule has 1 N–H and O–H groups in total. The Morgan fingerprint density at radius 1 is 1.04 bits per heavy atom. The number of amides is 1. The molecule has 0 saturated carbocycles. The zero-order chi connectivity index (χ0) is 20.5. The van der Waals surface area contributed by atoms with Crippen LogP contribution >= 0.6 is 0 Å². The van der Waals surface area contributed by atoms with Gasteiger partial charge in [0.2, 0.25) is 0 Å². The number of carbonyl (C=O) groups excluding carboxylic acids is 1. The minimum Gasteiger partial charge on any atom is -0.321 e. The molecule has 28 heavy (non-hydrogen) atoms. The molecule has 3 rings (SSSR count). The number of imidazole rings is 1. The highest BCUT2D eigenvalue weighted by Gasteiger charge is 2.23. The zero-order valence-electron chi connectivity index (χ0n) is 16.1. The lowest BCUT2D eigenvalue weighted by molar-refractivity contribution is 0.102. The van der Waals surface area contributed by atoms with Gasteiger partial charge in [0, 0.05) is 19.7 Å². The van der Waals surface area contributed by atoms with Gasteiger partial charge in [-0.25, -0.2) is 13.2 Å². The van der Waals surface area contributed by atoms with Crippen molar-refractivity contribution in [2.45, 2.75) is 24.7 Å². The minimum absolute atomic E-state index is 0.0238. The van der Waals surface area contributed by atoms with Crippen molar-refractivity contribution in [1.82, 2.24) is 9.13 Å². The van der Waals surface area contributed by atoms with E-state index in [-0.39, 0.29) is 22.0 Å². The van der Waals surface area contributed by atoms with E-state index in [9.17, 15) is 18.0 Å². The Labute approximate surface area is 163 Å². The van der Waals surface area contributed by atoms with Gasteiger partial charge in [-0.05, 0) is 30.7 Å². The summed E-state index contributed by atoms with van der Waals surface area (Å²) in [4.78, 5) is 24.9. The third kappa shape index (κ3) is 3.60. The van der Waals surface area contributed by atoms with Crippen LogP contribution in [-0.2, 0) is 23.9 Å². The summed E-state index contributed by atoms with van der Waals surface area (Å²) in [5, 5.41) is 2.71. The molecule has 0 unspecified atom stereocenters. The monoisotopic (exact) mass is 401 g/mol. The molecule has 0 aliphatic heterocycles. The summed E-state index contributed by atoms with van der Waals surface area (Å²) < 4.78 is 28.7. The van der Waals surface area contributed by atoms with Crippen molar-refractivity contribution in [3.05, 3.63) is 58.5 Å². The second kappa shape index (κ2) is 7.63. The van der Waals surface area contributed by atoms with Crippen molar-refractivity contribution in [3.8, 4) is 0 Å². The number of nitrogens with one attached hydrogen (secondary N) is 1. The van der Waals surface area contributed by atoms with Gasteiger partial charge >= 0.3 is 5.69 Å². The largest absolute Gasteiger partial charge is 0.328 e. The molecule has 1 heterocycles. The summed E-state index contributed by atoms with van der Waals surface area (Å²) in [6.45, 7) is 1.91. The lowest BCUT2D eigenvalue weighted by atomic mass is 10.2. The smallest absolute Gasteiger partial charge is 0.321 e. The Balaban J connectivity index is 2.18. The van der Waals surface area contributed by atoms with E-state index in [2.05, 4.69) is 5.32 Å². The number of hydrogen-bond acceptors (Lipinski definition) is 4. The summed E-state index contributed by atoms with van der Waals surface area (Å²) in [7, 11) is -0.430. The maximum atomic E-state index is 12.9. The van der Waals surface area contributed by atoms with Crippen LogP contribution in [0, 0.1) is 0 Å². The quantitative estimate of drug-likeness (QED) is 0.688. The Hall–Kier alpha value is -2.87. The first-order valence-corrected chi connectivity index (χ1v) is 10.7. The molecule has 8 heteroatoms. The second-order valence-corrected chi connectivity index (χ2v) is 8.81. The van der Waals surface area contributed by atoms with E-state index in [1.807, 2.05) is 6.92 Å². The van der Waals surface area contributed by atoms with Crippen molar-refractivity contribution >= 4 is 32.5 Å². The standard InChI is InChI=1S/C20H23N3O4S/c1-4-5-11-28(26,27)18-13-17-16(22(2)20(25)23(17)3)12-15(18)21-19(24)14-9-7-6-8-10-14/h6-10,12-13H,4-5,11H2,1-3H3,(H,21,24). The van der Waals surface area contributed by atoms with Gasteiger partial charge in [-0.3, -0.25) is 13.9 Å². The number of benzene rings is 2. The van der Waals surface area contributed by atoms with E-state index in [0.29, 0.717) is 23.0 Å². The Morgan fingerprint density at radius 3 is 2.25 bits per heavy atom. The van der Waals surface area contributed by atoms with Crippen LogP contribution in [0.1, 0.15) is 30.1 Å². The predicted molar refractivity (Wildman–Crippen MR) is 110 cm³/mol. The summed E-state index contributed by atoms with van der Waals surface area (Å²) in [5.74, 6) is -0.433. The predicted octanol–water partition coefficient (Wildman–Crippen LogP) is 2.70. The number of aryl methyl sites for hydroxylation is 2. The number of sulfone groups is 1. The maximum absolute atomic E-state index is 12.9. The molecule has 1 aromatic heterocycles. The van der Waals surface area contributed by atoms with E-state index < -0.39 is 15.7 Å². The van der Waals surface area contributed by atoms with Crippen LogP contribution in [0.3, 0.4) is 0 Å². The molecule has 148 valence electrons. The van der Waals surface area contributed by atoms with Gasteiger partial charge in [0.05, 0.1) is 27.4 Å². The average molecular weight is 401 g/mol. The molecule has 3 aromatic rings. The van der Waals surface area contributed by atoms with Crippen LogP contribution in [0.5, 0.6) is 0 Å². The van der Waals surface area contributed by atoms with Gasteiger partial charge in [-0.1, -0.05) is 31.5 Å². The van der Waals surface area contributed by atoms with Gasteiger partial charge < -0.3 is 5.32 Å². The zero-order valence-corrected chi connectivity index (χ0v) is 16.9. The fourth-order valence-electron chi connectivity index (χ4n) is 3.11. The van der Waals surface area contributed by atoms with Gasteiger partial charge in [0.15, 0.2) is 9.84 Å². The molecule has 2 aromatic carbocycles. The molecule has 0 radical (unpaired) electrons. The molecule has 0 saturated heterocycles. The number of rotatable bonds is 6. The van der Waals surface area contributed by atoms with Crippen LogP contribution in [0.15, 0.2) is 52.2 Å². The number of anilines is 1. The third-order valence-electron chi connectivity index (χ3n) is 4.76. The Morgan fingerprint density at radius 2 is 1.64 bits per heavy atom. The number of hydrogen-bond donors (Lipinski definition) is 1. The van der Waals surface area contributed by atoms with E-state index in [1.165, 1.54) is 15.2 Å². The molecular weight excluding hydrogens is 378 g/mol. The normalized spacial score (nSPS) is 11.7. The van der Waals surface area contributed by atoms with Gasteiger partial charge in [-0.15, -0.1) is 0 Å². The molecule has 0 fully saturated rings. The SMILES string of the molecule is CCCCS(=O)(=O)c1cc2c(cc1NC(=O)c1ccccc1)n(C)c(=O)n2C. The highest BCUT2D eigenvalue weighted by molar-refractivity contribution is 7.91. The van der Waals surface area contributed by atoms with E-state index >= 15 is 0 Å². The Bertz CT molecular complexity index is 1190. The molecule has 0 atom stereocenters. The lowest BCUT2D eigenvalue weighted by Gasteiger charge is -2.13. The van der Waals surface area contributed by atoms with E-state index in [0.717, 1.165) is 6.42 Å². The van der Waals surface area contributed by atoms with Crippen molar-refractivity contribution in [2.24, 2.45) is 14.1 Å². The summed E-state index contributed by atoms with van der Waals surface area (Å²) in [6.07, 6.45) is 1.25. The third-order valence-corrected chi connectivity index (χ3v) is 6.59. The van der Waals surface area contributed by atoms with Crippen LogP contribution in [-0.4, -0.2) is 29.2 Å². The van der Waals surface area contributed by atoms with Gasteiger partial charge in [0.1, 0.15) is 0 Å². The number of unbranched alkanes of at least 4 members (excludes halogenated alkanes) is 1. The fourth-order valence-corrected chi connectivity index (χ4v) is 4.73. The second-order valence-electron chi connectivity index (χ2n) is 6.73. The maximum Gasteiger partial charge on any atom is 0.328 e. The first kappa shape index (κ1) is 19.9. The average Bonchev–Trinajstić information content (AvgIpc) is 2.90. The van der Waals surface area contributed by atoms with Crippen molar-refractivity contribution in [3.63, 3.8) is 0 Å². The van der Waals surface area contributed by atoms with Crippen LogP contribution in [0.2, 0.25) is 0 Å². The van der Waals surface area contributed by atoms with Gasteiger partial charge in [-0.2, -0.15) is 0 Å². The highest BCUT2D eigenvalue weighted by atomic mass is 32.2. The number of aromatic nitrogens is 2. The van der Waals surface area contributed by atoms with Crippen molar-refractivity contribution in [2.75, 3.05) is 11.1 Å². The van der Waals surface area contributed by atoms with Crippen LogP contribution < -0.4 is 11.0 Å². The first-order chi connectivity index (χ1) is 13.3. The summed E-state index contributed by atoms with van der Waals surface area (Å²) in [6, 6.07) is 11.6. The van der Waals surface area contributed by atoms with Crippen molar-refractivity contribution < 1.29 is 13.2 Å². The molecule has 0 bridgehead atoms. The number of nitrogens with zero attached hydrogens (tertiary/aromatic N) is 2. The molecular formula is C20H23N3O4S. The first-order valence-electron chi connectivity index (χ1n) is 9.05. The summed E-state index contributed by atoms with van der Waals surface area (Å²) in [5.41, 5.74) is 1.38. The summed E-state index contributed by atoms with van der Waals surface area (Å²) >= 11 is 0. The fraction of sp³-hybridized carbons (Fsp3) is 0.300. The topological polar surface area (TPSA) is 90.2 Å². The number of fused-ring (bicyclic) bond motifs is 1. The molecule has 0 spiro atoms. The minimum atomic E-state index is -3.63. The highest BCUT2D eigenvalue weighted by Crippen LogP contribution is 2.29. The number of carbonyl (C=O) groups is 1.